The van der Waals surface area contributed by atoms with Crippen LogP contribution in [0, 0.1) is 12.8 Å². The first-order valence-electron chi connectivity index (χ1n) is 7.02. The number of carbonyl (C=O) groups excluding carboxylic acids is 1. The van der Waals surface area contributed by atoms with E-state index in [4.69, 9.17) is 22.1 Å². The number of halogens is 1. The molecule has 1 saturated heterocycles. The van der Waals surface area contributed by atoms with Gasteiger partial charge >= 0.3 is 0 Å². The fourth-order valence-corrected chi connectivity index (χ4v) is 3.26. The van der Waals surface area contributed by atoms with Gasteiger partial charge in [0.15, 0.2) is 0 Å². The molecule has 1 aromatic rings. The van der Waals surface area contributed by atoms with Gasteiger partial charge in [0.1, 0.15) is 0 Å². The summed E-state index contributed by atoms with van der Waals surface area (Å²) < 4.78 is 5.72. The fraction of sp³-hybridized carbons (Fsp3) is 0.533. The number of nitrogens with two attached hydrogens (primary N) is 1. The first kappa shape index (κ1) is 13.9. The molecule has 0 aromatic heterocycles. The van der Waals surface area contributed by atoms with Gasteiger partial charge in [-0.1, -0.05) is 11.6 Å². The van der Waals surface area contributed by atoms with Crippen LogP contribution in [0.2, 0.25) is 5.02 Å². The summed E-state index contributed by atoms with van der Waals surface area (Å²) in [5.74, 6) is 0.277. The molecule has 20 heavy (non-hydrogen) atoms. The molecule has 3 rings (SSSR count). The highest BCUT2D eigenvalue weighted by Crippen LogP contribution is 2.37. The molecule has 1 aliphatic carbocycles. The summed E-state index contributed by atoms with van der Waals surface area (Å²) in [6.45, 7) is 2.65. The van der Waals surface area contributed by atoms with Crippen molar-refractivity contribution >= 4 is 17.5 Å². The first-order valence-corrected chi connectivity index (χ1v) is 7.40. The number of carbonyl (C=O) groups is 1. The van der Waals surface area contributed by atoms with Crippen LogP contribution in [0.4, 0.5) is 0 Å². The molecule has 108 valence electrons. The molecule has 4 unspecified atom stereocenters. The molecule has 4 nitrogen and oxygen atoms in total. The molecule has 1 aliphatic heterocycles. The van der Waals surface area contributed by atoms with Crippen LogP contribution < -0.4 is 11.1 Å². The largest absolute Gasteiger partial charge is 0.376 e. The maximum absolute atomic E-state index is 12.3. The number of rotatable bonds is 2. The standard InChI is InChI=1S/C15H19ClN2O2/c1-8-7-9(4-5-11(8)16)15(19)18-13-12(17)10-3-2-6-20-14(10)13/h4-5,7,10,12-14H,2-3,6,17H2,1H3,(H,18,19). The summed E-state index contributed by atoms with van der Waals surface area (Å²) in [7, 11) is 0. The molecule has 1 aromatic carbocycles. The minimum Gasteiger partial charge on any atom is -0.376 e. The molecule has 5 heteroatoms. The summed E-state index contributed by atoms with van der Waals surface area (Å²) >= 11 is 5.97. The van der Waals surface area contributed by atoms with Crippen LogP contribution in [-0.2, 0) is 4.74 Å². The van der Waals surface area contributed by atoms with Gasteiger partial charge in [-0.3, -0.25) is 4.79 Å². The zero-order valence-electron chi connectivity index (χ0n) is 11.4. The molecular weight excluding hydrogens is 276 g/mol. The van der Waals surface area contributed by atoms with Crippen LogP contribution >= 0.6 is 11.6 Å². The maximum Gasteiger partial charge on any atom is 0.251 e. The molecule has 0 radical (unpaired) electrons. The van der Waals surface area contributed by atoms with Crippen LogP contribution in [0.5, 0.6) is 0 Å². The van der Waals surface area contributed by atoms with Gasteiger partial charge in [0.2, 0.25) is 0 Å². The van der Waals surface area contributed by atoms with Gasteiger partial charge in [-0.2, -0.15) is 0 Å². The SMILES string of the molecule is Cc1cc(C(=O)NC2C(N)C3CCCOC32)ccc1Cl. The number of hydrogen-bond acceptors (Lipinski definition) is 3. The number of fused-ring (bicyclic) bond motifs is 1. The van der Waals surface area contributed by atoms with Gasteiger partial charge in [-0.25, -0.2) is 0 Å². The smallest absolute Gasteiger partial charge is 0.251 e. The molecule has 1 heterocycles. The fourth-order valence-electron chi connectivity index (χ4n) is 3.15. The zero-order valence-corrected chi connectivity index (χ0v) is 12.2. The lowest BCUT2D eigenvalue weighted by Gasteiger charge is -2.52. The van der Waals surface area contributed by atoms with E-state index < -0.39 is 0 Å². The Bertz CT molecular complexity index is 535. The number of benzene rings is 1. The highest BCUT2D eigenvalue weighted by molar-refractivity contribution is 6.31. The Kier molecular flexibility index (Phi) is 3.71. The second-order valence-electron chi connectivity index (χ2n) is 5.68. The Labute approximate surface area is 123 Å². The second kappa shape index (κ2) is 5.35. The van der Waals surface area contributed by atoms with E-state index in [0.717, 1.165) is 25.0 Å². The van der Waals surface area contributed by atoms with Crippen molar-refractivity contribution in [3.63, 3.8) is 0 Å². The highest BCUT2D eigenvalue weighted by Gasteiger charge is 2.51. The van der Waals surface area contributed by atoms with E-state index in [1.54, 1.807) is 18.2 Å². The van der Waals surface area contributed by atoms with Gasteiger partial charge in [0.05, 0.1) is 12.1 Å². The normalized spacial score (nSPS) is 32.1. The molecule has 2 aliphatic rings. The number of aryl methyl sites for hydroxylation is 1. The predicted octanol–water partition coefficient (Wildman–Crippen LogP) is 1.88. The topological polar surface area (TPSA) is 64.4 Å². The highest BCUT2D eigenvalue weighted by atomic mass is 35.5. The quantitative estimate of drug-likeness (QED) is 0.875. The van der Waals surface area contributed by atoms with Crippen molar-refractivity contribution in [1.29, 1.82) is 0 Å². The molecule has 2 fully saturated rings. The van der Waals surface area contributed by atoms with Crippen molar-refractivity contribution in [3.05, 3.63) is 34.3 Å². The van der Waals surface area contributed by atoms with E-state index in [1.807, 2.05) is 6.92 Å². The summed E-state index contributed by atoms with van der Waals surface area (Å²) in [6.07, 6.45) is 2.24. The summed E-state index contributed by atoms with van der Waals surface area (Å²) in [4.78, 5) is 12.3. The van der Waals surface area contributed by atoms with E-state index in [-0.39, 0.29) is 24.1 Å². The minimum absolute atomic E-state index is 0.00218. The third kappa shape index (κ3) is 2.32. The molecule has 1 saturated carbocycles. The summed E-state index contributed by atoms with van der Waals surface area (Å²) in [6, 6.07) is 5.18. The van der Waals surface area contributed by atoms with E-state index in [1.165, 1.54) is 0 Å². The van der Waals surface area contributed by atoms with Gasteiger partial charge in [0, 0.05) is 29.2 Å². The Morgan fingerprint density at radius 3 is 3.05 bits per heavy atom. The van der Waals surface area contributed by atoms with Crippen molar-refractivity contribution in [2.75, 3.05) is 6.61 Å². The summed E-state index contributed by atoms with van der Waals surface area (Å²) in [5.41, 5.74) is 7.64. The number of ether oxygens (including phenoxy) is 1. The minimum atomic E-state index is -0.113. The molecule has 3 N–H and O–H groups in total. The third-order valence-corrected chi connectivity index (χ3v) is 4.82. The Morgan fingerprint density at radius 2 is 2.30 bits per heavy atom. The van der Waals surface area contributed by atoms with Crippen LogP contribution in [0.1, 0.15) is 28.8 Å². The van der Waals surface area contributed by atoms with Crippen molar-refractivity contribution < 1.29 is 9.53 Å². The lowest BCUT2D eigenvalue weighted by Crippen LogP contribution is -2.72. The summed E-state index contributed by atoms with van der Waals surface area (Å²) in [5, 5.41) is 3.66. The van der Waals surface area contributed by atoms with Gasteiger partial charge in [0.25, 0.3) is 5.91 Å². The van der Waals surface area contributed by atoms with Crippen LogP contribution in [0.15, 0.2) is 18.2 Å². The van der Waals surface area contributed by atoms with Crippen LogP contribution in [-0.4, -0.2) is 30.7 Å². The number of hydrogen-bond donors (Lipinski definition) is 2. The van der Waals surface area contributed by atoms with Gasteiger partial charge in [-0.05, 0) is 43.5 Å². The first-order chi connectivity index (χ1) is 9.58. The number of nitrogens with one attached hydrogen (secondary N) is 1. The molecule has 1 amide bonds. The molecule has 0 bridgehead atoms. The average Bonchev–Trinajstić information content (AvgIpc) is 2.47. The van der Waals surface area contributed by atoms with Crippen molar-refractivity contribution in [1.82, 2.24) is 5.32 Å². The van der Waals surface area contributed by atoms with Crippen molar-refractivity contribution in [2.45, 2.75) is 38.0 Å². The van der Waals surface area contributed by atoms with Gasteiger partial charge < -0.3 is 15.8 Å². The van der Waals surface area contributed by atoms with Crippen LogP contribution in [0.3, 0.4) is 0 Å². The maximum atomic E-state index is 12.3. The third-order valence-electron chi connectivity index (χ3n) is 4.39. The van der Waals surface area contributed by atoms with E-state index in [2.05, 4.69) is 5.32 Å². The lowest BCUT2D eigenvalue weighted by molar-refractivity contribution is -0.117. The number of amides is 1. The molecule has 4 atom stereocenters. The predicted molar refractivity (Wildman–Crippen MR) is 77.9 cm³/mol. The second-order valence-corrected chi connectivity index (χ2v) is 6.09. The Balaban J connectivity index is 1.68. The van der Waals surface area contributed by atoms with E-state index in [9.17, 15) is 4.79 Å². The van der Waals surface area contributed by atoms with E-state index in [0.29, 0.717) is 16.5 Å². The molecular formula is C15H19ClN2O2. The zero-order chi connectivity index (χ0) is 14.3. The Hall–Kier alpha value is -1.10. The van der Waals surface area contributed by atoms with Crippen molar-refractivity contribution in [3.8, 4) is 0 Å². The average molecular weight is 295 g/mol. The van der Waals surface area contributed by atoms with Crippen LogP contribution in [0.25, 0.3) is 0 Å². The molecule has 0 spiro atoms. The van der Waals surface area contributed by atoms with E-state index >= 15 is 0 Å². The van der Waals surface area contributed by atoms with Gasteiger partial charge in [-0.15, -0.1) is 0 Å². The monoisotopic (exact) mass is 294 g/mol. The Morgan fingerprint density at radius 1 is 1.50 bits per heavy atom. The lowest BCUT2D eigenvalue weighted by atomic mass is 9.68. The van der Waals surface area contributed by atoms with Crippen molar-refractivity contribution in [2.24, 2.45) is 11.7 Å².